The highest BCUT2D eigenvalue weighted by atomic mass is 35.5. The number of carbonyl (C=O) groups excluding carboxylic acids is 1. The van der Waals surface area contributed by atoms with E-state index in [1.807, 2.05) is 35.9 Å². The van der Waals surface area contributed by atoms with Gasteiger partial charge >= 0.3 is 0 Å². The minimum Gasteiger partial charge on any atom is -0.301 e. The molecule has 2 heterocycles. The first kappa shape index (κ1) is 19.9. The number of nitrogens with zero attached hydrogens (tertiary/aromatic N) is 3. The molecule has 4 nitrogen and oxygen atoms in total. The minimum atomic E-state index is -0.811. The average Bonchev–Trinajstić information content (AvgIpc) is 3.31. The third kappa shape index (κ3) is 3.42. The van der Waals surface area contributed by atoms with Gasteiger partial charge in [0.15, 0.2) is 0 Å². The zero-order valence-electron chi connectivity index (χ0n) is 16.8. The van der Waals surface area contributed by atoms with E-state index in [2.05, 4.69) is 41.4 Å². The molecule has 1 aliphatic rings. The van der Waals surface area contributed by atoms with Crippen molar-refractivity contribution in [2.45, 2.75) is 18.9 Å². The molecule has 1 aliphatic heterocycles. The first-order chi connectivity index (χ1) is 15.0. The smallest absolute Gasteiger partial charge is 0.260 e. The molecule has 4 aromatic rings. The number of benzene rings is 3. The van der Waals surface area contributed by atoms with E-state index in [-0.39, 0.29) is 5.91 Å². The summed E-state index contributed by atoms with van der Waals surface area (Å²) in [7, 11) is 0. The van der Waals surface area contributed by atoms with Gasteiger partial charge in [-0.2, -0.15) is 0 Å². The van der Waals surface area contributed by atoms with Gasteiger partial charge in [0.2, 0.25) is 5.95 Å². The topological polar surface area (TPSA) is 38.1 Å². The largest absolute Gasteiger partial charge is 0.301 e. The number of imidazole rings is 1. The van der Waals surface area contributed by atoms with Gasteiger partial charge in [-0.05, 0) is 41.8 Å². The molecule has 0 bridgehead atoms. The van der Waals surface area contributed by atoms with Crippen molar-refractivity contribution in [2.24, 2.45) is 0 Å². The third-order valence-corrected chi connectivity index (χ3v) is 6.17. The molecule has 0 radical (unpaired) electrons. The van der Waals surface area contributed by atoms with E-state index < -0.39 is 5.54 Å². The van der Waals surface area contributed by atoms with Crippen LogP contribution < -0.4 is 4.90 Å². The summed E-state index contributed by atoms with van der Waals surface area (Å²) in [6.45, 7) is 1.94. The summed E-state index contributed by atoms with van der Waals surface area (Å²) in [5, 5.41) is 0.942. The molecule has 3 aromatic carbocycles. The van der Waals surface area contributed by atoms with Gasteiger partial charge in [-0.15, -0.1) is 0 Å². The van der Waals surface area contributed by atoms with Gasteiger partial charge in [0.05, 0.1) is 5.69 Å². The number of hydrogen-bond donors (Lipinski definition) is 0. The Hall–Kier alpha value is -3.08. The molecule has 1 aromatic heterocycles. The van der Waals surface area contributed by atoms with Crippen LogP contribution in [0.3, 0.4) is 0 Å². The minimum absolute atomic E-state index is 0.0685. The Morgan fingerprint density at radius 2 is 1.55 bits per heavy atom. The van der Waals surface area contributed by atoms with Crippen molar-refractivity contribution < 1.29 is 4.79 Å². The molecule has 5 rings (SSSR count). The highest BCUT2D eigenvalue weighted by Crippen LogP contribution is 2.42. The first-order valence-electron chi connectivity index (χ1n) is 9.94. The van der Waals surface area contributed by atoms with Crippen LogP contribution >= 0.6 is 23.2 Å². The number of anilines is 2. The predicted molar refractivity (Wildman–Crippen MR) is 125 cm³/mol. The molecule has 0 saturated carbocycles. The Balaban J connectivity index is 1.49. The number of rotatable bonds is 4. The van der Waals surface area contributed by atoms with Crippen LogP contribution in [0, 0.1) is 0 Å². The van der Waals surface area contributed by atoms with E-state index in [9.17, 15) is 4.79 Å². The number of amides is 1. The molecular formula is C25H19Cl2N3O. The molecule has 0 aliphatic carbocycles. The molecule has 1 atom stereocenters. The number of aromatic nitrogens is 2. The Morgan fingerprint density at radius 1 is 0.903 bits per heavy atom. The molecule has 1 unspecified atom stereocenters. The summed E-state index contributed by atoms with van der Waals surface area (Å²) in [4.78, 5) is 19.7. The van der Waals surface area contributed by atoms with Crippen LogP contribution in [0.15, 0.2) is 85.2 Å². The fraction of sp³-hybridized carbons (Fsp3) is 0.120. The Bertz CT molecular complexity index is 1250. The maximum absolute atomic E-state index is 13.6. The lowest BCUT2D eigenvalue weighted by molar-refractivity contribution is -0.123. The summed E-state index contributed by atoms with van der Waals surface area (Å²) in [5.41, 5.74) is 3.18. The standard InChI is InChI=1S/C25H19Cl2N3O/c1-25(16-17-7-9-19(10-8-17)18-5-3-2-4-6-18)23(31)30(24-28-11-12-29(24)25)22-14-20(26)13-21(27)15-22/h2-15H,16H2,1H3. The number of halogens is 2. The summed E-state index contributed by atoms with van der Waals surface area (Å²) in [5.74, 6) is 0.493. The van der Waals surface area contributed by atoms with E-state index in [4.69, 9.17) is 23.2 Å². The molecular weight excluding hydrogens is 429 g/mol. The zero-order valence-corrected chi connectivity index (χ0v) is 18.3. The number of carbonyl (C=O) groups is 1. The van der Waals surface area contributed by atoms with Crippen LogP contribution in [0.4, 0.5) is 11.6 Å². The van der Waals surface area contributed by atoms with E-state index in [0.717, 1.165) is 16.7 Å². The van der Waals surface area contributed by atoms with Crippen molar-refractivity contribution in [2.75, 3.05) is 4.90 Å². The van der Waals surface area contributed by atoms with Gasteiger partial charge in [-0.1, -0.05) is 77.8 Å². The van der Waals surface area contributed by atoms with Gasteiger partial charge < -0.3 is 4.57 Å². The van der Waals surface area contributed by atoms with Crippen LogP contribution in [-0.2, 0) is 16.8 Å². The fourth-order valence-corrected chi connectivity index (χ4v) is 4.70. The van der Waals surface area contributed by atoms with Gasteiger partial charge in [-0.3, -0.25) is 4.79 Å². The second-order valence-electron chi connectivity index (χ2n) is 7.88. The van der Waals surface area contributed by atoms with Crippen molar-refractivity contribution in [1.82, 2.24) is 9.55 Å². The molecule has 0 saturated heterocycles. The monoisotopic (exact) mass is 447 g/mol. The molecule has 1 amide bonds. The fourth-order valence-electron chi connectivity index (χ4n) is 4.19. The maximum atomic E-state index is 13.6. The quantitative estimate of drug-likeness (QED) is 0.358. The summed E-state index contributed by atoms with van der Waals surface area (Å²) < 4.78 is 1.93. The van der Waals surface area contributed by atoms with E-state index >= 15 is 0 Å². The highest BCUT2D eigenvalue weighted by molar-refractivity contribution is 6.35. The van der Waals surface area contributed by atoms with Gasteiger partial charge in [0.25, 0.3) is 5.91 Å². The Kier molecular flexibility index (Phi) is 4.84. The van der Waals surface area contributed by atoms with Crippen LogP contribution in [-0.4, -0.2) is 15.5 Å². The first-order valence-corrected chi connectivity index (χ1v) is 10.7. The SMILES string of the molecule is CC1(Cc2ccc(-c3ccccc3)cc2)C(=O)N(c2cc(Cl)cc(Cl)c2)c2nccn21. The van der Waals surface area contributed by atoms with Gasteiger partial charge in [0.1, 0.15) is 5.54 Å². The molecule has 0 fully saturated rings. The maximum Gasteiger partial charge on any atom is 0.260 e. The van der Waals surface area contributed by atoms with Crippen molar-refractivity contribution in [3.05, 3.63) is 101 Å². The molecule has 6 heteroatoms. The Morgan fingerprint density at radius 3 is 2.23 bits per heavy atom. The van der Waals surface area contributed by atoms with Crippen molar-refractivity contribution >= 4 is 40.7 Å². The van der Waals surface area contributed by atoms with Crippen LogP contribution in [0.5, 0.6) is 0 Å². The lowest BCUT2D eigenvalue weighted by Gasteiger charge is -2.25. The number of fused-ring (bicyclic) bond motifs is 1. The summed E-state index contributed by atoms with van der Waals surface area (Å²) in [6, 6.07) is 23.7. The average molecular weight is 448 g/mol. The molecule has 0 N–H and O–H groups in total. The van der Waals surface area contributed by atoms with Crippen LogP contribution in [0.1, 0.15) is 12.5 Å². The number of hydrogen-bond acceptors (Lipinski definition) is 2. The van der Waals surface area contributed by atoms with Crippen molar-refractivity contribution in [3.63, 3.8) is 0 Å². The molecule has 154 valence electrons. The Labute approximate surface area is 190 Å². The van der Waals surface area contributed by atoms with E-state index in [1.165, 1.54) is 0 Å². The second-order valence-corrected chi connectivity index (χ2v) is 8.75. The second kappa shape index (κ2) is 7.56. The predicted octanol–water partition coefficient (Wildman–Crippen LogP) is 6.49. The highest BCUT2D eigenvalue weighted by Gasteiger charge is 2.48. The zero-order chi connectivity index (χ0) is 21.6. The lowest BCUT2D eigenvalue weighted by Crippen LogP contribution is -2.40. The molecule has 31 heavy (non-hydrogen) atoms. The van der Waals surface area contributed by atoms with Crippen LogP contribution in [0.25, 0.3) is 11.1 Å². The van der Waals surface area contributed by atoms with E-state index in [0.29, 0.717) is 28.1 Å². The lowest BCUT2D eigenvalue weighted by atomic mass is 9.91. The van der Waals surface area contributed by atoms with Crippen molar-refractivity contribution in [1.29, 1.82) is 0 Å². The van der Waals surface area contributed by atoms with Gasteiger partial charge in [-0.25, -0.2) is 9.88 Å². The van der Waals surface area contributed by atoms with Gasteiger partial charge in [0, 0.05) is 28.9 Å². The summed E-state index contributed by atoms with van der Waals surface area (Å²) in [6.07, 6.45) is 4.09. The van der Waals surface area contributed by atoms with Crippen molar-refractivity contribution in [3.8, 4) is 11.1 Å². The normalized spacial score (nSPS) is 17.8. The van der Waals surface area contributed by atoms with E-state index in [1.54, 1.807) is 29.3 Å². The summed E-state index contributed by atoms with van der Waals surface area (Å²) >= 11 is 12.4. The van der Waals surface area contributed by atoms with Crippen LogP contribution in [0.2, 0.25) is 10.0 Å². The third-order valence-electron chi connectivity index (χ3n) is 5.73. The molecule has 0 spiro atoms.